The zero-order valence-corrected chi connectivity index (χ0v) is 12.8. The molecule has 1 N–H and O–H groups in total. The van der Waals surface area contributed by atoms with Crippen LogP contribution >= 0.6 is 15.9 Å². The number of hydrogen-bond acceptors (Lipinski definition) is 1. The lowest BCUT2D eigenvalue weighted by Gasteiger charge is -2.16. The summed E-state index contributed by atoms with van der Waals surface area (Å²) in [4.78, 5) is 0. The molecule has 2 aromatic carbocycles. The van der Waals surface area contributed by atoms with Gasteiger partial charge in [-0.3, -0.25) is 0 Å². The average Bonchev–Trinajstić information content (AvgIpc) is 2.42. The first kappa shape index (κ1) is 15.0. The second kappa shape index (κ2) is 6.84. The SMILES string of the molecule is CC(CCc1ccccc1)Nc1c(F)cc(Br)cc1F. The number of anilines is 1. The first-order valence-electron chi connectivity index (χ1n) is 6.51. The van der Waals surface area contributed by atoms with Crippen molar-refractivity contribution in [3.63, 3.8) is 0 Å². The van der Waals surface area contributed by atoms with E-state index in [1.54, 1.807) is 0 Å². The Morgan fingerprint density at radius 2 is 1.70 bits per heavy atom. The second-order valence-corrected chi connectivity index (χ2v) is 5.73. The quantitative estimate of drug-likeness (QED) is 0.793. The molecule has 0 amide bonds. The van der Waals surface area contributed by atoms with Crippen LogP contribution in [0.1, 0.15) is 18.9 Å². The Balaban J connectivity index is 1.96. The van der Waals surface area contributed by atoms with E-state index >= 15 is 0 Å². The van der Waals surface area contributed by atoms with E-state index in [-0.39, 0.29) is 11.7 Å². The highest BCUT2D eigenvalue weighted by Gasteiger charge is 2.13. The molecule has 0 aliphatic rings. The minimum absolute atomic E-state index is 0.0135. The predicted octanol–water partition coefficient (Wildman–Crippen LogP) is 5.16. The highest BCUT2D eigenvalue weighted by atomic mass is 79.9. The van der Waals surface area contributed by atoms with Crippen molar-refractivity contribution in [2.24, 2.45) is 0 Å². The molecule has 106 valence electrons. The Morgan fingerprint density at radius 3 is 2.30 bits per heavy atom. The minimum Gasteiger partial charge on any atom is -0.378 e. The standard InChI is InChI=1S/C16H16BrF2N/c1-11(7-8-12-5-3-2-4-6-12)20-16-14(18)9-13(17)10-15(16)19/h2-6,9-11,20H,7-8H2,1H3. The van der Waals surface area contributed by atoms with Crippen molar-refractivity contribution in [1.82, 2.24) is 0 Å². The Labute approximate surface area is 126 Å². The van der Waals surface area contributed by atoms with Crippen LogP contribution in [-0.4, -0.2) is 6.04 Å². The zero-order valence-electron chi connectivity index (χ0n) is 11.2. The van der Waals surface area contributed by atoms with Gasteiger partial charge in [-0.2, -0.15) is 0 Å². The minimum atomic E-state index is -0.580. The van der Waals surface area contributed by atoms with Crippen LogP contribution in [0.15, 0.2) is 46.9 Å². The molecule has 0 spiro atoms. The highest BCUT2D eigenvalue weighted by molar-refractivity contribution is 9.10. The van der Waals surface area contributed by atoms with Crippen LogP contribution in [0, 0.1) is 11.6 Å². The molecule has 1 atom stereocenters. The average molecular weight is 340 g/mol. The molecule has 0 aliphatic carbocycles. The molecule has 1 unspecified atom stereocenters. The summed E-state index contributed by atoms with van der Waals surface area (Å²) in [5, 5.41) is 2.91. The van der Waals surface area contributed by atoms with Gasteiger partial charge in [0, 0.05) is 10.5 Å². The van der Waals surface area contributed by atoms with E-state index in [1.165, 1.54) is 17.7 Å². The monoisotopic (exact) mass is 339 g/mol. The summed E-state index contributed by atoms with van der Waals surface area (Å²) in [5.74, 6) is -1.16. The van der Waals surface area contributed by atoms with E-state index in [2.05, 4.69) is 21.2 Å². The maximum Gasteiger partial charge on any atom is 0.150 e. The first-order valence-corrected chi connectivity index (χ1v) is 7.30. The van der Waals surface area contributed by atoms with Crippen LogP contribution in [0.2, 0.25) is 0 Å². The van der Waals surface area contributed by atoms with Crippen molar-refractivity contribution in [3.05, 3.63) is 64.1 Å². The molecule has 1 nitrogen and oxygen atoms in total. The van der Waals surface area contributed by atoms with Gasteiger partial charge in [-0.25, -0.2) is 8.78 Å². The smallest absolute Gasteiger partial charge is 0.150 e. The van der Waals surface area contributed by atoms with E-state index in [1.807, 2.05) is 37.3 Å². The Kier molecular flexibility index (Phi) is 5.12. The summed E-state index contributed by atoms with van der Waals surface area (Å²) < 4.78 is 27.8. The van der Waals surface area contributed by atoms with Gasteiger partial charge in [0.15, 0.2) is 0 Å². The third-order valence-electron chi connectivity index (χ3n) is 3.11. The lowest BCUT2D eigenvalue weighted by atomic mass is 10.1. The van der Waals surface area contributed by atoms with Crippen LogP contribution in [0.4, 0.5) is 14.5 Å². The largest absolute Gasteiger partial charge is 0.378 e. The van der Waals surface area contributed by atoms with E-state index < -0.39 is 11.6 Å². The van der Waals surface area contributed by atoms with Gasteiger partial charge in [0.05, 0.1) is 0 Å². The van der Waals surface area contributed by atoms with Gasteiger partial charge in [0.2, 0.25) is 0 Å². The lowest BCUT2D eigenvalue weighted by molar-refractivity contribution is 0.578. The molecule has 2 aromatic rings. The summed E-state index contributed by atoms with van der Waals surface area (Å²) >= 11 is 3.07. The van der Waals surface area contributed by atoms with E-state index in [0.29, 0.717) is 4.47 Å². The van der Waals surface area contributed by atoms with Gasteiger partial charge in [-0.1, -0.05) is 46.3 Å². The Hall–Kier alpha value is -1.42. The van der Waals surface area contributed by atoms with Crippen molar-refractivity contribution in [2.45, 2.75) is 25.8 Å². The molecule has 0 heterocycles. The van der Waals surface area contributed by atoms with Crippen molar-refractivity contribution in [2.75, 3.05) is 5.32 Å². The van der Waals surface area contributed by atoms with Crippen molar-refractivity contribution in [3.8, 4) is 0 Å². The molecule has 0 aromatic heterocycles. The fraction of sp³-hybridized carbons (Fsp3) is 0.250. The van der Waals surface area contributed by atoms with Crippen molar-refractivity contribution in [1.29, 1.82) is 0 Å². The predicted molar refractivity (Wildman–Crippen MR) is 81.9 cm³/mol. The van der Waals surface area contributed by atoms with Gasteiger partial charge in [-0.05, 0) is 37.5 Å². The molecule has 0 saturated carbocycles. The van der Waals surface area contributed by atoms with Crippen molar-refractivity contribution >= 4 is 21.6 Å². The second-order valence-electron chi connectivity index (χ2n) is 4.81. The third-order valence-corrected chi connectivity index (χ3v) is 3.56. The highest BCUT2D eigenvalue weighted by Crippen LogP contribution is 2.24. The summed E-state index contributed by atoms with van der Waals surface area (Å²) in [6.07, 6.45) is 1.67. The summed E-state index contributed by atoms with van der Waals surface area (Å²) in [6, 6.07) is 12.5. The number of hydrogen-bond donors (Lipinski definition) is 1. The zero-order chi connectivity index (χ0) is 14.5. The van der Waals surface area contributed by atoms with Gasteiger partial charge in [0.1, 0.15) is 17.3 Å². The summed E-state index contributed by atoms with van der Waals surface area (Å²) in [5.41, 5.74) is 1.16. The number of aryl methyl sites for hydroxylation is 1. The molecular weight excluding hydrogens is 324 g/mol. The van der Waals surface area contributed by atoms with Crippen LogP contribution in [0.5, 0.6) is 0 Å². The van der Waals surface area contributed by atoms with Crippen LogP contribution in [0.3, 0.4) is 0 Å². The van der Waals surface area contributed by atoms with Crippen LogP contribution in [-0.2, 0) is 6.42 Å². The van der Waals surface area contributed by atoms with Crippen LogP contribution < -0.4 is 5.32 Å². The van der Waals surface area contributed by atoms with E-state index in [4.69, 9.17) is 0 Å². The molecule has 0 radical (unpaired) electrons. The fourth-order valence-electron chi connectivity index (χ4n) is 2.03. The molecule has 0 saturated heterocycles. The molecule has 0 fully saturated rings. The number of nitrogens with one attached hydrogen (secondary N) is 1. The third kappa shape index (κ3) is 4.04. The van der Waals surface area contributed by atoms with Crippen LogP contribution in [0.25, 0.3) is 0 Å². The Morgan fingerprint density at radius 1 is 1.10 bits per heavy atom. The summed E-state index contributed by atoms with van der Waals surface area (Å²) in [6.45, 7) is 1.92. The first-order chi connectivity index (χ1) is 9.56. The Bertz CT molecular complexity index is 549. The van der Waals surface area contributed by atoms with Crippen molar-refractivity contribution < 1.29 is 8.78 Å². The maximum atomic E-state index is 13.7. The normalized spacial score (nSPS) is 12.2. The molecule has 20 heavy (non-hydrogen) atoms. The molecular formula is C16H16BrF2N. The fourth-order valence-corrected chi connectivity index (χ4v) is 2.43. The van der Waals surface area contributed by atoms with Gasteiger partial charge >= 0.3 is 0 Å². The summed E-state index contributed by atoms with van der Waals surface area (Å²) in [7, 11) is 0. The molecule has 4 heteroatoms. The molecule has 2 rings (SSSR count). The van der Waals surface area contributed by atoms with E-state index in [0.717, 1.165) is 12.8 Å². The topological polar surface area (TPSA) is 12.0 Å². The van der Waals surface area contributed by atoms with Gasteiger partial charge < -0.3 is 5.32 Å². The lowest BCUT2D eigenvalue weighted by Crippen LogP contribution is -2.18. The molecule has 0 aliphatic heterocycles. The van der Waals surface area contributed by atoms with Gasteiger partial charge in [0.25, 0.3) is 0 Å². The maximum absolute atomic E-state index is 13.7. The van der Waals surface area contributed by atoms with E-state index in [9.17, 15) is 8.78 Å². The van der Waals surface area contributed by atoms with Gasteiger partial charge in [-0.15, -0.1) is 0 Å². The molecule has 0 bridgehead atoms. The number of rotatable bonds is 5. The number of benzene rings is 2. The number of halogens is 3.